The van der Waals surface area contributed by atoms with Crippen molar-refractivity contribution in [2.24, 2.45) is 7.05 Å². The Morgan fingerprint density at radius 2 is 1.71 bits per heavy atom. The maximum absolute atomic E-state index is 13.3. The van der Waals surface area contributed by atoms with Crippen molar-refractivity contribution in [1.29, 1.82) is 0 Å². The van der Waals surface area contributed by atoms with Crippen molar-refractivity contribution in [3.63, 3.8) is 0 Å². The first-order valence-corrected chi connectivity index (χ1v) is 16.8. The van der Waals surface area contributed by atoms with Crippen molar-refractivity contribution in [2.75, 3.05) is 48.0 Å². The van der Waals surface area contributed by atoms with E-state index in [-0.39, 0.29) is 17.4 Å². The van der Waals surface area contributed by atoms with Crippen LogP contribution in [0.1, 0.15) is 28.1 Å². The molecule has 5 aromatic rings. The van der Waals surface area contributed by atoms with Gasteiger partial charge in [0.1, 0.15) is 5.69 Å². The van der Waals surface area contributed by atoms with Gasteiger partial charge < -0.3 is 30.3 Å². The van der Waals surface area contributed by atoms with E-state index in [1.165, 1.54) is 17.4 Å². The van der Waals surface area contributed by atoms with Gasteiger partial charge in [0.15, 0.2) is 0 Å². The number of hydrogen-bond donors (Lipinski definition) is 3. The lowest BCUT2D eigenvalue weighted by atomic mass is 10.00. The number of carbonyl (C=O) groups is 2. The first-order valence-electron chi connectivity index (χ1n) is 16.0. The predicted molar refractivity (Wildman–Crippen MR) is 199 cm³/mol. The number of aromatic nitrogens is 1. The lowest BCUT2D eigenvalue weighted by molar-refractivity contribution is -0.111. The number of aryl methyl sites for hydroxylation is 1. The average molecular weight is 661 g/mol. The highest BCUT2D eigenvalue weighted by molar-refractivity contribution is 7.20. The fourth-order valence-electron chi connectivity index (χ4n) is 6.26. The van der Waals surface area contributed by atoms with E-state index in [9.17, 15) is 14.4 Å². The third kappa shape index (κ3) is 6.90. The minimum atomic E-state index is -0.302. The Kier molecular flexibility index (Phi) is 9.47. The Hall–Kier alpha value is -5.19. The smallest absolute Gasteiger partial charge is 0.274 e. The highest BCUT2D eigenvalue weighted by Crippen LogP contribution is 2.34. The van der Waals surface area contributed by atoms with E-state index >= 15 is 0 Å². The van der Waals surface area contributed by atoms with Crippen LogP contribution in [0.3, 0.4) is 0 Å². The Bertz CT molecular complexity index is 2040. The van der Waals surface area contributed by atoms with E-state index in [0.29, 0.717) is 33.7 Å². The van der Waals surface area contributed by atoms with Gasteiger partial charge in [-0.25, -0.2) is 0 Å². The van der Waals surface area contributed by atoms with Gasteiger partial charge in [-0.05, 0) is 98.9 Å². The van der Waals surface area contributed by atoms with Gasteiger partial charge in [-0.2, -0.15) is 0 Å². The van der Waals surface area contributed by atoms with Gasteiger partial charge in [0.2, 0.25) is 5.91 Å². The Balaban J connectivity index is 1.27. The molecule has 0 saturated carbocycles. The molecular formula is C38H40N6O3S. The van der Waals surface area contributed by atoms with E-state index in [2.05, 4.69) is 46.4 Å². The summed E-state index contributed by atoms with van der Waals surface area (Å²) in [6.07, 6.45) is 5.10. The van der Waals surface area contributed by atoms with Crippen molar-refractivity contribution in [3.8, 4) is 11.1 Å². The SMILES string of the molecule is C=CC(=O)Nc1cc(Nc2cc(-c3cccc(NC(=O)c4cc5ccccc5s4)c3C)cn(C)c2=O)ccc1N1CCC(N(C)C)CC1. The summed E-state index contributed by atoms with van der Waals surface area (Å²) in [5.41, 5.74) is 5.72. The molecule has 246 valence electrons. The normalized spacial score (nSPS) is 13.5. The summed E-state index contributed by atoms with van der Waals surface area (Å²) in [7, 11) is 5.94. The molecule has 1 fully saturated rings. The minimum absolute atomic E-state index is 0.163. The van der Waals surface area contributed by atoms with Crippen molar-refractivity contribution in [1.82, 2.24) is 9.47 Å². The van der Waals surface area contributed by atoms with Crippen LogP contribution >= 0.6 is 11.3 Å². The number of pyridine rings is 1. The molecule has 3 N–H and O–H groups in total. The molecule has 3 aromatic carbocycles. The zero-order chi connectivity index (χ0) is 33.9. The van der Waals surface area contributed by atoms with Gasteiger partial charge in [-0.15, -0.1) is 11.3 Å². The number of rotatable bonds is 9. The summed E-state index contributed by atoms with van der Waals surface area (Å²) in [6, 6.07) is 23.7. The molecule has 2 aromatic heterocycles. The number of benzene rings is 3. The maximum atomic E-state index is 13.3. The van der Waals surface area contributed by atoms with Gasteiger partial charge in [-0.1, -0.05) is 36.9 Å². The predicted octanol–water partition coefficient (Wildman–Crippen LogP) is 7.23. The molecule has 0 atom stereocenters. The van der Waals surface area contributed by atoms with Crippen LogP contribution in [0.2, 0.25) is 0 Å². The van der Waals surface area contributed by atoms with Crippen molar-refractivity contribution in [3.05, 3.63) is 112 Å². The van der Waals surface area contributed by atoms with E-state index in [0.717, 1.165) is 58.4 Å². The van der Waals surface area contributed by atoms with Gasteiger partial charge in [0.25, 0.3) is 11.5 Å². The summed E-state index contributed by atoms with van der Waals surface area (Å²) in [4.78, 5) is 44.2. The molecule has 1 aliphatic rings. The molecule has 10 heteroatoms. The first-order chi connectivity index (χ1) is 23.1. The van der Waals surface area contributed by atoms with Crippen LogP contribution < -0.4 is 26.4 Å². The van der Waals surface area contributed by atoms with Crippen molar-refractivity contribution >= 4 is 61.7 Å². The highest BCUT2D eigenvalue weighted by Gasteiger charge is 2.23. The number of thiophene rings is 1. The second-order valence-corrected chi connectivity index (χ2v) is 13.5. The zero-order valence-electron chi connectivity index (χ0n) is 27.7. The number of amides is 2. The molecular weight excluding hydrogens is 621 g/mol. The van der Waals surface area contributed by atoms with Crippen LogP contribution in [0.25, 0.3) is 21.2 Å². The topological polar surface area (TPSA) is 98.7 Å². The standard InChI is InChI=1S/C38H40N6O3S/c1-6-36(45)40-31-22-27(14-15-33(31)44-18-16-28(17-19-44)42(3)4)39-32-20-26(23-43(5)38(32)47)29-11-9-12-30(24(29)2)41-37(46)35-21-25-10-7-8-13-34(25)48-35/h6-15,20-23,28,39H,1,16-19H2,2-5H3,(H,40,45)(H,41,46). The minimum Gasteiger partial charge on any atom is -0.370 e. The zero-order valence-corrected chi connectivity index (χ0v) is 28.5. The second kappa shape index (κ2) is 13.9. The largest absolute Gasteiger partial charge is 0.370 e. The molecule has 3 heterocycles. The van der Waals surface area contributed by atoms with E-state index < -0.39 is 0 Å². The van der Waals surface area contributed by atoms with Gasteiger partial charge in [0.05, 0.1) is 16.3 Å². The fraction of sp³-hybridized carbons (Fsp3) is 0.237. The van der Waals surface area contributed by atoms with E-state index in [1.54, 1.807) is 17.8 Å². The number of carbonyl (C=O) groups excluding carboxylic acids is 2. The molecule has 0 unspecified atom stereocenters. The quantitative estimate of drug-likeness (QED) is 0.144. The molecule has 0 spiro atoms. The van der Waals surface area contributed by atoms with E-state index in [1.807, 2.05) is 79.7 Å². The van der Waals surface area contributed by atoms with Gasteiger partial charge in [-0.3, -0.25) is 14.4 Å². The summed E-state index contributed by atoms with van der Waals surface area (Å²) >= 11 is 1.46. The number of hydrogen-bond acceptors (Lipinski definition) is 7. The number of nitrogens with zero attached hydrogens (tertiary/aromatic N) is 3. The van der Waals surface area contributed by atoms with Gasteiger partial charge >= 0.3 is 0 Å². The first kappa shape index (κ1) is 32.7. The molecule has 2 amide bonds. The van der Waals surface area contributed by atoms with E-state index in [4.69, 9.17) is 0 Å². The molecule has 1 saturated heterocycles. The third-order valence-corrected chi connectivity index (χ3v) is 10.1. The Morgan fingerprint density at radius 3 is 2.44 bits per heavy atom. The molecule has 6 rings (SSSR count). The lowest BCUT2D eigenvalue weighted by Crippen LogP contribution is -2.42. The highest BCUT2D eigenvalue weighted by atomic mass is 32.1. The van der Waals surface area contributed by atoms with Crippen molar-refractivity contribution < 1.29 is 9.59 Å². The Labute approximate surface area is 284 Å². The fourth-order valence-corrected chi connectivity index (χ4v) is 7.22. The van der Waals surface area contributed by atoms with Crippen molar-refractivity contribution in [2.45, 2.75) is 25.8 Å². The molecule has 1 aliphatic heterocycles. The van der Waals surface area contributed by atoms with Crippen LogP contribution in [-0.4, -0.2) is 54.5 Å². The van der Waals surface area contributed by atoms with Crippen LogP contribution in [0, 0.1) is 6.92 Å². The molecule has 9 nitrogen and oxygen atoms in total. The third-order valence-electron chi connectivity index (χ3n) is 8.98. The number of nitrogens with one attached hydrogen (secondary N) is 3. The monoisotopic (exact) mass is 660 g/mol. The molecule has 0 radical (unpaired) electrons. The second-order valence-electron chi connectivity index (χ2n) is 12.4. The number of anilines is 5. The Morgan fingerprint density at radius 1 is 0.938 bits per heavy atom. The summed E-state index contributed by atoms with van der Waals surface area (Å²) in [5, 5.41) is 10.4. The number of piperidine rings is 1. The van der Waals surface area contributed by atoms with Crippen LogP contribution in [-0.2, 0) is 11.8 Å². The molecule has 0 bridgehead atoms. The summed E-state index contributed by atoms with van der Waals surface area (Å²) in [5.74, 6) is -0.464. The number of fused-ring (bicyclic) bond motifs is 1. The molecule has 48 heavy (non-hydrogen) atoms. The van der Waals surface area contributed by atoms with Crippen LogP contribution in [0.5, 0.6) is 0 Å². The summed E-state index contributed by atoms with van der Waals surface area (Å²) < 4.78 is 2.61. The maximum Gasteiger partial charge on any atom is 0.274 e. The lowest BCUT2D eigenvalue weighted by Gasteiger charge is -2.37. The average Bonchev–Trinajstić information content (AvgIpc) is 3.53. The van der Waals surface area contributed by atoms with Gasteiger partial charge in [0, 0.05) is 54.0 Å². The van der Waals surface area contributed by atoms with Crippen LogP contribution in [0.4, 0.5) is 28.4 Å². The summed E-state index contributed by atoms with van der Waals surface area (Å²) in [6.45, 7) is 7.33. The van der Waals surface area contributed by atoms with Crippen LogP contribution in [0.15, 0.2) is 96.4 Å². The molecule has 0 aliphatic carbocycles.